The lowest BCUT2D eigenvalue weighted by Gasteiger charge is -2.15. The maximum atomic E-state index is 11.6. The summed E-state index contributed by atoms with van der Waals surface area (Å²) in [6.07, 6.45) is 0.708. The highest BCUT2D eigenvalue weighted by Crippen LogP contribution is 2.23. The van der Waals surface area contributed by atoms with Crippen LogP contribution in [0.5, 0.6) is 5.75 Å². The minimum Gasteiger partial charge on any atom is -0.489 e. The van der Waals surface area contributed by atoms with Crippen molar-refractivity contribution in [1.29, 1.82) is 0 Å². The Kier molecular flexibility index (Phi) is 5.87. The van der Waals surface area contributed by atoms with Crippen molar-refractivity contribution in [3.05, 3.63) is 29.3 Å². The molecule has 1 aromatic carbocycles. The lowest BCUT2D eigenvalue weighted by atomic mass is 10.2. The summed E-state index contributed by atoms with van der Waals surface area (Å²) in [6, 6.07) is 7.05. The van der Waals surface area contributed by atoms with Crippen LogP contribution in [-0.4, -0.2) is 50.3 Å². The van der Waals surface area contributed by atoms with Crippen molar-refractivity contribution in [3.8, 4) is 5.75 Å². The molecule has 21 heavy (non-hydrogen) atoms. The number of rotatable bonds is 7. The molecule has 118 valence electrons. The van der Waals surface area contributed by atoms with Crippen molar-refractivity contribution >= 4 is 21.4 Å². The van der Waals surface area contributed by atoms with E-state index in [1.54, 1.807) is 24.3 Å². The number of aliphatic hydroxyl groups excluding tert-OH is 1. The molecule has 1 heterocycles. The van der Waals surface area contributed by atoms with Gasteiger partial charge in [0, 0.05) is 13.1 Å². The second-order valence-electron chi connectivity index (χ2n) is 5.18. The van der Waals surface area contributed by atoms with Gasteiger partial charge in [0.25, 0.3) is 0 Å². The van der Waals surface area contributed by atoms with Gasteiger partial charge < -0.3 is 15.2 Å². The van der Waals surface area contributed by atoms with Crippen molar-refractivity contribution in [2.45, 2.75) is 24.2 Å². The molecule has 7 heteroatoms. The van der Waals surface area contributed by atoms with Gasteiger partial charge >= 0.3 is 0 Å². The Labute approximate surface area is 130 Å². The molecule has 0 amide bonds. The van der Waals surface area contributed by atoms with Crippen molar-refractivity contribution < 1.29 is 18.3 Å². The third-order valence-electron chi connectivity index (χ3n) is 3.48. The predicted molar refractivity (Wildman–Crippen MR) is 82.6 cm³/mol. The molecule has 5 nitrogen and oxygen atoms in total. The van der Waals surface area contributed by atoms with E-state index in [2.05, 4.69) is 5.32 Å². The molecule has 0 aliphatic carbocycles. The number of para-hydroxylation sites is 1. The number of halogens is 1. The van der Waals surface area contributed by atoms with Crippen LogP contribution in [0.3, 0.4) is 0 Å². The van der Waals surface area contributed by atoms with Crippen molar-refractivity contribution in [3.63, 3.8) is 0 Å². The van der Waals surface area contributed by atoms with Gasteiger partial charge in [-0.15, -0.1) is 0 Å². The van der Waals surface area contributed by atoms with E-state index in [0.717, 1.165) is 6.42 Å². The second kappa shape index (κ2) is 7.45. The predicted octanol–water partition coefficient (Wildman–Crippen LogP) is 1.25. The first-order valence-electron chi connectivity index (χ1n) is 6.97. The molecule has 1 aromatic rings. The van der Waals surface area contributed by atoms with E-state index in [9.17, 15) is 13.5 Å². The largest absolute Gasteiger partial charge is 0.489 e. The number of nitrogens with one attached hydrogen (secondary N) is 1. The third-order valence-corrected chi connectivity index (χ3v) is 6.07. The summed E-state index contributed by atoms with van der Waals surface area (Å²) in [5.41, 5.74) is 0. The van der Waals surface area contributed by atoms with Gasteiger partial charge in [-0.1, -0.05) is 23.7 Å². The molecular formula is C14H20ClNO4S. The molecule has 1 saturated heterocycles. The molecule has 0 saturated carbocycles. The van der Waals surface area contributed by atoms with E-state index in [4.69, 9.17) is 16.3 Å². The molecule has 0 aromatic heterocycles. The molecule has 1 aliphatic heterocycles. The number of hydrogen-bond acceptors (Lipinski definition) is 5. The Morgan fingerprint density at radius 2 is 2.19 bits per heavy atom. The Morgan fingerprint density at radius 1 is 1.43 bits per heavy atom. The first-order chi connectivity index (χ1) is 9.99. The topological polar surface area (TPSA) is 75.6 Å². The summed E-state index contributed by atoms with van der Waals surface area (Å²) in [4.78, 5) is 0. The number of sulfone groups is 1. The monoisotopic (exact) mass is 333 g/mol. The van der Waals surface area contributed by atoms with Gasteiger partial charge in [0.1, 0.15) is 18.5 Å². The van der Waals surface area contributed by atoms with Gasteiger partial charge in [0.05, 0.1) is 16.0 Å². The van der Waals surface area contributed by atoms with Crippen LogP contribution in [0.25, 0.3) is 0 Å². The van der Waals surface area contributed by atoms with Crippen LogP contribution in [0.1, 0.15) is 12.8 Å². The Bertz CT molecular complexity index is 564. The Balaban J connectivity index is 1.68. The molecule has 1 aliphatic rings. The molecule has 0 spiro atoms. The summed E-state index contributed by atoms with van der Waals surface area (Å²) in [6.45, 7) is 0.774. The van der Waals surface area contributed by atoms with Gasteiger partial charge in [-0.25, -0.2) is 8.42 Å². The molecule has 2 rings (SSSR count). The van der Waals surface area contributed by atoms with Crippen LogP contribution in [0.15, 0.2) is 24.3 Å². The number of benzene rings is 1. The fourth-order valence-electron chi connectivity index (χ4n) is 2.31. The van der Waals surface area contributed by atoms with Crippen LogP contribution in [-0.2, 0) is 9.84 Å². The summed E-state index contributed by atoms with van der Waals surface area (Å²) in [5.74, 6) is 0.800. The van der Waals surface area contributed by atoms with E-state index in [-0.39, 0.29) is 24.2 Å². The highest BCUT2D eigenvalue weighted by atomic mass is 35.5. The highest BCUT2D eigenvalue weighted by molar-refractivity contribution is 7.92. The fourth-order valence-corrected chi connectivity index (χ4v) is 4.30. The van der Waals surface area contributed by atoms with Crippen LogP contribution < -0.4 is 10.1 Å². The van der Waals surface area contributed by atoms with Gasteiger partial charge in [0.2, 0.25) is 0 Å². The Morgan fingerprint density at radius 3 is 2.86 bits per heavy atom. The zero-order valence-corrected chi connectivity index (χ0v) is 13.2. The van der Waals surface area contributed by atoms with Gasteiger partial charge in [-0.05, 0) is 25.0 Å². The molecule has 0 bridgehead atoms. The van der Waals surface area contributed by atoms with E-state index in [1.807, 2.05) is 0 Å². The smallest absolute Gasteiger partial charge is 0.154 e. The van der Waals surface area contributed by atoms with E-state index in [1.165, 1.54) is 0 Å². The molecule has 2 unspecified atom stereocenters. The maximum absolute atomic E-state index is 11.6. The summed E-state index contributed by atoms with van der Waals surface area (Å²) >= 11 is 5.94. The van der Waals surface area contributed by atoms with Crippen molar-refractivity contribution in [2.75, 3.05) is 25.4 Å². The van der Waals surface area contributed by atoms with E-state index in [0.29, 0.717) is 23.7 Å². The normalized spacial score (nSPS) is 22.1. The summed E-state index contributed by atoms with van der Waals surface area (Å²) in [5, 5.41) is 13.0. The highest BCUT2D eigenvalue weighted by Gasteiger charge is 2.30. The standard InChI is InChI=1S/C14H20ClNO4S/c15-13-5-1-2-6-14(13)20-10-11(17)8-16-9-12-4-3-7-21(12,18)19/h1-2,5-6,11-12,16-17H,3-4,7-10H2. The lowest BCUT2D eigenvalue weighted by Crippen LogP contribution is -2.37. The Hall–Kier alpha value is -0.820. The zero-order chi connectivity index (χ0) is 15.3. The minimum atomic E-state index is -2.94. The second-order valence-corrected chi connectivity index (χ2v) is 7.99. The molecule has 2 atom stereocenters. The fraction of sp³-hybridized carbons (Fsp3) is 0.571. The average molecular weight is 334 g/mol. The number of aliphatic hydroxyl groups is 1. The van der Waals surface area contributed by atoms with E-state index < -0.39 is 15.9 Å². The quantitative estimate of drug-likeness (QED) is 0.785. The summed E-state index contributed by atoms with van der Waals surface area (Å²) in [7, 11) is -2.94. The summed E-state index contributed by atoms with van der Waals surface area (Å²) < 4.78 is 28.7. The van der Waals surface area contributed by atoms with Gasteiger partial charge in [0.15, 0.2) is 9.84 Å². The SMILES string of the molecule is O=S1(=O)CCCC1CNCC(O)COc1ccccc1Cl. The number of ether oxygens (including phenoxy) is 1. The zero-order valence-electron chi connectivity index (χ0n) is 11.7. The van der Waals surface area contributed by atoms with Crippen LogP contribution in [0, 0.1) is 0 Å². The first-order valence-corrected chi connectivity index (χ1v) is 9.06. The van der Waals surface area contributed by atoms with Crippen molar-refractivity contribution in [2.24, 2.45) is 0 Å². The van der Waals surface area contributed by atoms with Gasteiger partial charge in [-0.3, -0.25) is 0 Å². The first kappa shape index (κ1) is 16.5. The van der Waals surface area contributed by atoms with Crippen LogP contribution >= 0.6 is 11.6 Å². The molecular weight excluding hydrogens is 314 g/mol. The molecule has 2 N–H and O–H groups in total. The van der Waals surface area contributed by atoms with Crippen molar-refractivity contribution in [1.82, 2.24) is 5.32 Å². The number of hydrogen-bond donors (Lipinski definition) is 2. The van der Waals surface area contributed by atoms with Crippen LogP contribution in [0.4, 0.5) is 0 Å². The average Bonchev–Trinajstić information content (AvgIpc) is 2.77. The maximum Gasteiger partial charge on any atom is 0.154 e. The lowest BCUT2D eigenvalue weighted by molar-refractivity contribution is 0.106. The van der Waals surface area contributed by atoms with E-state index >= 15 is 0 Å². The molecule has 1 fully saturated rings. The minimum absolute atomic E-state index is 0.105. The van der Waals surface area contributed by atoms with Gasteiger partial charge in [-0.2, -0.15) is 0 Å². The third kappa shape index (κ3) is 4.85. The van der Waals surface area contributed by atoms with Crippen LogP contribution in [0.2, 0.25) is 5.02 Å². The molecule has 0 radical (unpaired) electrons.